The van der Waals surface area contributed by atoms with Gasteiger partial charge in [0.25, 0.3) is 5.69 Å². The van der Waals surface area contributed by atoms with Crippen molar-refractivity contribution >= 4 is 52.5 Å². The zero-order valence-corrected chi connectivity index (χ0v) is 19.9. The molecule has 9 nitrogen and oxygen atoms in total. The summed E-state index contributed by atoms with van der Waals surface area (Å²) in [6, 6.07) is 18.4. The van der Waals surface area contributed by atoms with Crippen molar-refractivity contribution in [1.82, 2.24) is 4.90 Å². The van der Waals surface area contributed by atoms with Crippen LogP contribution in [0.3, 0.4) is 0 Å². The second-order valence-corrected chi connectivity index (χ2v) is 9.50. The van der Waals surface area contributed by atoms with Crippen LogP contribution < -0.4 is 10.2 Å². The lowest BCUT2D eigenvalue weighted by Gasteiger charge is -2.35. The number of fused-ring (bicyclic) bond motifs is 5. The Kier molecular flexibility index (Phi) is 5.31. The molecule has 3 amide bonds. The van der Waals surface area contributed by atoms with Gasteiger partial charge >= 0.3 is 0 Å². The molecule has 3 heterocycles. The topological polar surface area (TPSA) is 113 Å². The summed E-state index contributed by atoms with van der Waals surface area (Å²) in [5, 5.41) is 14.0. The first-order chi connectivity index (χ1) is 17.9. The van der Waals surface area contributed by atoms with Crippen LogP contribution in [0.5, 0.6) is 0 Å². The Labute approximate surface area is 216 Å². The summed E-state index contributed by atoms with van der Waals surface area (Å²) in [7, 11) is 0. The summed E-state index contributed by atoms with van der Waals surface area (Å²) in [5.41, 5.74) is 2.01. The molecule has 37 heavy (non-hydrogen) atoms. The molecule has 0 radical (unpaired) electrons. The third kappa shape index (κ3) is 3.50. The minimum Gasteiger partial charge on any atom is -0.357 e. The number of nitro groups is 1. The van der Waals surface area contributed by atoms with E-state index in [-0.39, 0.29) is 22.3 Å². The zero-order valence-electron chi connectivity index (χ0n) is 19.2. The summed E-state index contributed by atoms with van der Waals surface area (Å²) in [6.45, 7) is 0. The standard InChI is InChI=1S/C27H19ClN4O5/c28-19-11-10-17(32(36)37)14-20(19)29-25(33)24-22-21(23-18-9-5-4-6-15(18)12-13-30(23)24)26(34)31(27(22)35)16-7-2-1-3-8-16/h1-14,21-24H,(H,29,33)/t21-,22+,23?,24-/m0/s1. The number of benzene rings is 3. The summed E-state index contributed by atoms with van der Waals surface area (Å²) in [6.07, 6.45) is 3.58. The first kappa shape index (κ1) is 22.9. The monoisotopic (exact) mass is 514 g/mol. The van der Waals surface area contributed by atoms with E-state index >= 15 is 0 Å². The highest BCUT2D eigenvalue weighted by Gasteiger charge is 2.64. The molecule has 6 rings (SSSR count). The van der Waals surface area contributed by atoms with Crippen molar-refractivity contribution in [3.8, 4) is 0 Å². The highest BCUT2D eigenvalue weighted by atomic mass is 35.5. The molecule has 2 saturated heterocycles. The lowest BCUT2D eigenvalue weighted by molar-refractivity contribution is -0.384. The fraction of sp³-hybridized carbons (Fsp3) is 0.148. The van der Waals surface area contributed by atoms with Crippen LogP contribution in [0.15, 0.2) is 79.0 Å². The molecule has 0 aliphatic carbocycles. The summed E-state index contributed by atoms with van der Waals surface area (Å²) in [4.78, 5) is 54.9. The Hall–Kier alpha value is -4.50. The SMILES string of the molecule is O=C(Nc1cc([N+](=O)[O-])ccc1Cl)[C@@H]1[C@@H]2C(=O)N(c3ccccc3)C(=O)[C@@H]2C2c3ccccc3C=CN21. The Morgan fingerprint density at radius 1 is 0.946 bits per heavy atom. The molecule has 0 saturated carbocycles. The predicted molar refractivity (Wildman–Crippen MR) is 136 cm³/mol. The maximum atomic E-state index is 13.8. The maximum absolute atomic E-state index is 13.8. The third-order valence-electron chi connectivity index (χ3n) is 7.16. The van der Waals surface area contributed by atoms with Gasteiger partial charge in [-0.1, -0.05) is 54.1 Å². The molecule has 0 aromatic heterocycles. The number of nitro benzene ring substituents is 1. The van der Waals surface area contributed by atoms with Crippen molar-refractivity contribution in [1.29, 1.82) is 0 Å². The molecule has 4 atom stereocenters. The number of carbonyl (C=O) groups excluding carboxylic acids is 3. The number of anilines is 2. The average molecular weight is 515 g/mol. The number of carbonyl (C=O) groups is 3. The van der Waals surface area contributed by atoms with Gasteiger partial charge in [-0.2, -0.15) is 0 Å². The van der Waals surface area contributed by atoms with E-state index in [0.29, 0.717) is 5.69 Å². The average Bonchev–Trinajstić information content (AvgIpc) is 3.38. The second kappa shape index (κ2) is 8.56. The van der Waals surface area contributed by atoms with Gasteiger partial charge in [0.2, 0.25) is 17.7 Å². The quantitative estimate of drug-likeness (QED) is 0.313. The normalized spacial score (nSPS) is 23.5. The van der Waals surface area contributed by atoms with Crippen molar-refractivity contribution in [2.24, 2.45) is 11.8 Å². The Balaban J connectivity index is 1.44. The van der Waals surface area contributed by atoms with Crippen molar-refractivity contribution in [2.45, 2.75) is 12.1 Å². The maximum Gasteiger partial charge on any atom is 0.271 e. The molecule has 3 aromatic carbocycles. The van der Waals surface area contributed by atoms with Crippen LogP contribution in [0.4, 0.5) is 17.1 Å². The molecule has 184 valence electrons. The largest absolute Gasteiger partial charge is 0.357 e. The van der Waals surface area contributed by atoms with Crippen LogP contribution in [-0.4, -0.2) is 33.6 Å². The van der Waals surface area contributed by atoms with Gasteiger partial charge < -0.3 is 10.2 Å². The molecule has 10 heteroatoms. The number of hydrogen-bond acceptors (Lipinski definition) is 6. The van der Waals surface area contributed by atoms with E-state index in [9.17, 15) is 24.5 Å². The molecule has 0 bridgehead atoms. The molecular formula is C27H19ClN4O5. The number of nitrogens with zero attached hydrogens (tertiary/aromatic N) is 3. The van der Waals surface area contributed by atoms with Crippen molar-refractivity contribution < 1.29 is 19.3 Å². The van der Waals surface area contributed by atoms with Crippen LogP contribution in [0.2, 0.25) is 5.02 Å². The Morgan fingerprint density at radius 3 is 2.41 bits per heavy atom. The molecule has 3 aliphatic heterocycles. The summed E-state index contributed by atoms with van der Waals surface area (Å²) >= 11 is 6.23. The predicted octanol–water partition coefficient (Wildman–Crippen LogP) is 4.40. The van der Waals surface area contributed by atoms with E-state index in [2.05, 4.69) is 5.32 Å². The number of para-hydroxylation sites is 1. The number of non-ortho nitro benzene ring substituents is 1. The minimum atomic E-state index is -1.04. The van der Waals surface area contributed by atoms with Crippen molar-refractivity contribution in [2.75, 3.05) is 10.2 Å². The van der Waals surface area contributed by atoms with Gasteiger partial charge in [0.05, 0.1) is 39.2 Å². The fourth-order valence-electron chi connectivity index (χ4n) is 5.62. The van der Waals surface area contributed by atoms with Crippen LogP contribution >= 0.6 is 11.6 Å². The highest BCUT2D eigenvalue weighted by molar-refractivity contribution is 6.34. The smallest absolute Gasteiger partial charge is 0.271 e. The van der Waals surface area contributed by atoms with E-state index in [1.165, 1.54) is 18.2 Å². The van der Waals surface area contributed by atoms with E-state index in [1.807, 2.05) is 30.3 Å². The molecule has 1 N–H and O–H groups in total. The molecule has 2 fully saturated rings. The zero-order chi connectivity index (χ0) is 25.8. The van der Waals surface area contributed by atoms with E-state index in [0.717, 1.165) is 16.0 Å². The van der Waals surface area contributed by atoms with Crippen LogP contribution in [0, 0.1) is 22.0 Å². The van der Waals surface area contributed by atoms with E-state index in [1.54, 1.807) is 41.4 Å². The number of amides is 3. The molecule has 0 spiro atoms. The van der Waals surface area contributed by atoms with Gasteiger partial charge in [-0.3, -0.25) is 24.5 Å². The molecule has 3 aromatic rings. The lowest BCUT2D eigenvalue weighted by Crippen LogP contribution is -2.46. The number of halogens is 1. The van der Waals surface area contributed by atoms with Crippen LogP contribution in [0.1, 0.15) is 17.2 Å². The minimum absolute atomic E-state index is 0.0546. The van der Waals surface area contributed by atoms with Gasteiger partial charge in [0, 0.05) is 18.3 Å². The number of nitrogens with one attached hydrogen (secondary N) is 1. The molecular weight excluding hydrogens is 496 g/mol. The van der Waals surface area contributed by atoms with Gasteiger partial charge in [0.15, 0.2) is 0 Å². The van der Waals surface area contributed by atoms with Gasteiger partial charge in [-0.05, 0) is 35.4 Å². The summed E-state index contributed by atoms with van der Waals surface area (Å²) in [5.74, 6) is -3.18. The first-order valence-electron chi connectivity index (χ1n) is 11.6. The lowest BCUT2D eigenvalue weighted by atomic mass is 9.84. The van der Waals surface area contributed by atoms with Crippen LogP contribution in [-0.2, 0) is 14.4 Å². The first-order valence-corrected chi connectivity index (χ1v) is 12.0. The molecule has 3 aliphatic rings. The van der Waals surface area contributed by atoms with Gasteiger partial charge in [-0.15, -0.1) is 0 Å². The number of rotatable bonds is 4. The second-order valence-electron chi connectivity index (χ2n) is 9.09. The van der Waals surface area contributed by atoms with Gasteiger partial charge in [0.1, 0.15) is 6.04 Å². The van der Waals surface area contributed by atoms with E-state index in [4.69, 9.17) is 11.6 Å². The number of hydrogen-bond donors (Lipinski definition) is 1. The highest BCUT2D eigenvalue weighted by Crippen LogP contribution is 2.53. The fourth-order valence-corrected chi connectivity index (χ4v) is 5.78. The van der Waals surface area contributed by atoms with Crippen molar-refractivity contribution in [3.63, 3.8) is 0 Å². The number of imide groups is 1. The third-order valence-corrected chi connectivity index (χ3v) is 7.49. The molecule has 1 unspecified atom stereocenters. The van der Waals surface area contributed by atoms with Crippen molar-refractivity contribution in [3.05, 3.63) is 105 Å². The Morgan fingerprint density at radius 2 is 1.65 bits per heavy atom. The van der Waals surface area contributed by atoms with Gasteiger partial charge in [-0.25, -0.2) is 4.90 Å². The summed E-state index contributed by atoms with van der Waals surface area (Å²) < 4.78 is 0. The Bertz CT molecular complexity index is 1510. The van der Waals surface area contributed by atoms with Crippen LogP contribution in [0.25, 0.3) is 6.08 Å². The van der Waals surface area contributed by atoms with E-state index < -0.39 is 40.7 Å².